The third-order valence-electron chi connectivity index (χ3n) is 2.96. The van der Waals surface area contributed by atoms with Crippen molar-refractivity contribution in [1.82, 2.24) is 10.2 Å². The average molecular weight is 330 g/mol. The predicted molar refractivity (Wildman–Crippen MR) is 83.7 cm³/mol. The summed E-state index contributed by atoms with van der Waals surface area (Å²) in [6, 6.07) is 12.8. The van der Waals surface area contributed by atoms with Crippen LogP contribution in [0, 0.1) is 0 Å². The number of rotatable bonds is 6. The Morgan fingerprint density at radius 2 is 2.04 bits per heavy atom. The molecule has 0 unspecified atom stereocenters. The number of hydrogen-bond donors (Lipinski definition) is 0. The molecule has 0 aliphatic rings. The lowest BCUT2D eigenvalue weighted by Gasteiger charge is -2.13. The van der Waals surface area contributed by atoms with Gasteiger partial charge in [0.25, 0.3) is 11.1 Å². The fraction of sp³-hybridized carbons (Fsp3) is 0.188. The van der Waals surface area contributed by atoms with Crippen LogP contribution in [0.3, 0.4) is 0 Å². The van der Waals surface area contributed by atoms with E-state index in [4.69, 9.17) is 13.6 Å². The van der Waals surface area contributed by atoms with Crippen LogP contribution < -0.4 is 0 Å². The smallest absolute Gasteiger partial charge is 0.324 e. The first-order valence-corrected chi connectivity index (χ1v) is 7.91. The number of hydrogen-bond acceptors (Lipinski definition) is 7. The van der Waals surface area contributed by atoms with Gasteiger partial charge in [0.2, 0.25) is 0 Å². The van der Waals surface area contributed by atoms with E-state index in [1.807, 2.05) is 30.3 Å². The lowest BCUT2D eigenvalue weighted by atomic mass is 10.1. The van der Waals surface area contributed by atoms with Crippen LogP contribution in [0.4, 0.5) is 0 Å². The molecule has 0 radical (unpaired) electrons. The van der Waals surface area contributed by atoms with Gasteiger partial charge in [-0.05, 0) is 36.4 Å². The van der Waals surface area contributed by atoms with Gasteiger partial charge in [0.15, 0.2) is 5.76 Å². The van der Waals surface area contributed by atoms with Gasteiger partial charge in [0.1, 0.15) is 5.25 Å². The third-order valence-corrected chi connectivity index (χ3v) is 4.03. The van der Waals surface area contributed by atoms with E-state index in [0.717, 1.165) is 17.3 Å². The number of benzene rings is 1. The molecule has 0 aliphatic carbocycles. The quantitative estimate of drug-likeness (QED) is 0.503. The number of thioether (sulfide) groups is 1. The summed E-state index contributed by atoms with van der Waals surface area (Å²) in [5, 5.41) is 7.59. The highest BCUT2D eigenvalue weighted by Gasteiger charge is 2.26. The summed E-state index contributed by atoms with van der Waals surface area (Å²) in [6.45, 7) is 2.08. The Labute approximate surface area is 136 Å². The molecule has 6 nitrogen and oxygen atoms in total. The van der Waals surface area contributed by atoms with E-state index in [-0.39, 0.29) is 17.1 Å². The fourth-order valence-corrected chi connectivity index (χ4v) is 2.83. The molecule has 7 heteroatoms. The van der Waals surface area contributed by atoms with Crippen LogP contribution in [-0.2, 0) is 9.53 Å². The maximum absolute atomic E-state index is 12.2. The van der Waals surface area contributed by atoms with Crippen molar-refractivity contribution in [3.8, 4) is 11.7 Å². The molecular formula is C16H14N2O4S. The summed E-state index contributed by atoms with van der Waals surface area (Å²) in [7, 11) is 0. The molecular weight excluding hydrogens is 316 g/mol. The number of carbonyl (C=O) groups excluding carboxylic acids is 1. The molecule has 118 valence electrons. The Kier molecular flexibility index (Phi) is 4.77. The summed E-state index contributed by atoms with van der Waals surface area (Å²) in [6.07, 6.45) is 1.53. The molecule has 2 heterocycles. The second-order valence-electron chi connectivity index (χ2n) is 4.51. The first-order chi connectivity index (χ1) is 11.3. The van der Waals surface area contributed by atoms with Gasteiger partial charge in [0.05, 0.1) is 12.9 Å². The Morgan fingerprint density at radius 3 is 2.74 bits per heavy atom. The number of nitrogens with zero attached hydrogens (tertiary/aromatic N) is 2. The van der Waals surface area contributed by atoms with Gasteiger partial charge in [-0.1, -0.05) is 30.3 Å². The van der Waals surface area contributed by atoms with E-state index < -0.39 is 5.25 Å². The zero-order valence-corrected chi connectivity index (χ0v) is 13.2. The van der Waals surface area contributed by atoms with E-state index in [9.17, 15) is 4.79 Å². The Hall–Kier alpha value is -2.54. The molecule has 0 saturated heterocycles. The number of carbonyl (C=O) groups is 1. The van der Waals surface area contributed by atoms with Gasteiger partial charge in [-0.25, -0.2) is 0 Å². The van der Waals surface area contributed by atoms with Crippen LogP contribution in [0.5, 0.6) is 0 Å². The molecule has 23 heavy (non-hydrogen) atoms. The number of esters is 1. The predicted octanol–water partition coefficient (Wildman–Crippen LogP) is 3.73. The standard InChI is InChI=1S/C16H14N2O4S/c1-2-20-15(19)13(11-7-4-3-5-8-11)23-16-18-17-14(22-16)12-9-6-10-21-12/h3-10,13H,2H2,1H3/t13-/m1/s1. The minimum absolute atomic E-state index is 0.271. The van der Waals surface area contributed by atoms with Gasteiger partial charge >= 0.3 is 5.97 Å². The van der Waals surface area contributed by atoms with Crippen LogP contribution in [-0.4, -0.2) is 22.8 Å². The topological polar surface area (TPSA) is 78.4 Å². The Balaban J connectivity index is 1.82. The second-order valence-corrected chi connectivity index (χ2v) is 5.57. The van der Waals surface area contributed by atoms with Crippen LogP contribution in [0.2, 0.25) is 0 Å². The van der Waals surface area contributed by atoms with Crippen molar-refractivity contribution in [2.45, 2.75) is 17.4 Å². The third kappa shape index (κ3) is 3.62. The maximum atomic E-state index is 12.2. The number of furan rings is 1. The van der Waals surface area contributed by atoms with Gasteiger partial charge in [-0.15, -0.1) is 10.2 Å². The molecule has 0 saturated carbocycles. The first-order valence-electron chi connectivity index (χ1n) is 7.03. The van der Waals surface area contributed by atoms with Crippen molar-refractivity contribution in [2.75, 3.05) is 6.61 Å². The average Bonchev–Trinajstić information content (AvgIpc) is 3.25. The van der Waals surface area contributed by atoms with Crippen molar-refractivity contribution < 1.29 is 18.4 Å². The molecule has 0 fully saturated rings. The van der Waals surface area contributed by atoms with Crippen LogP contribution >= 0.6 is 11.8 Å². The summed E-state index contributed by atoms with van der Waals surface area (Å²) >= 11 is 1.15. The van der Waals surface area contributed by atoms with Crippen LogP contribution in [0.1, 0.15) is 17.7 Å². The van der Waals surface area contributed by atoms with Gasteiger partial charge < -0.3 is 13.6 Å². The minimum atomic E-state index is -0.568. The SMILES string of the molecule is CCOC(=O)[C@H](Sc1nnc(-c2ccco2)o1)c1ccccc1. The van der Waals surface area contributed by atoms with Crippen molar-refractivity contribution in [3.05, 3.63) is 54.3 Å². The van der Waals surface area contributed by atoms with Crippen LogP contribution in [0.25, 0.3) is 11.7 Å². The van der Waals surface area contributed by atoms with Crippen molar-refractivity contribution >= 4 is 17.7 Å². The fourth-order valence-electron chi connectivity index (χ4n) is 1.96. The largest absolute Gasteiger partial charge is 0.465 e. The highest BCUT2D eigenvalue weighted by molar-refractivity contribution is 8.00. The van der Waals surface area contributed by atoms with E-state index in [0.29, 0.717) is 12.4 Å². The monoisotopic (exact) mass is 330 g/mol. The first kappa shape index (κ1) is 15.4. The van der Waals surface area contributed by atoms with Crippen molar-refractivity contribution in [3.63, 3.8) is 0 Å². The van der Waals surface area contributed by atoms with Crippen molar-refractivity contribution in [1.29, 1.82) is 0 Å². The molecule has 0 aliphatic heterocycles. The molecule has 0 spiro atoms. The summed E-state index contributed by atoms with van der Waals surface area (Å²) in [5.41, 5.74) is 0.814. The van der Waals surface area contributed by atoms with Gasteiger partial charge in [-0.3, -0.25) is 4.79 Å². The van der Waals surface area contributed by atoms with E-state index in [1.54, 1.807) is 19.1 Å². The van der Waals surface area contributed by atoms with E-state index >= 15 is 0 Å². The molecule has 3 aromatic rings. The molecule has 0 N–H and O–H groups in total. The second kappa shape index (κ2) is 7.15. The molecule has 3 rings (SSSR count). The van der Waals surface area contributed by atoms with E-state index in [1.165, 1.54) is 6.26 Å². The van der Waals surface area contributed by atoms with E-state index in [2.05, 4.69) is 10.2 Å². The normalized spacial score (nSPS) is 12.0. The molecule has 2 aromatic heterocycles. The summed E-state index contributed by atoms with van der Waals surface area (Å²) in [5.74, 6) is 0.409. The molecule has 0 amide bonds. The zero-order valence-electron chi connectivity index (χ0n) is 12.3. The van der Waals surface area contributed by atoms with Crippen molar-refractivity contribution in [2.24, 2.45) is 0 Å². The number of aromatic nitrogens is 2. The number of ether oxygens (including phenoxy) is 1. The lowest BCUT2D eigenvalue weighted by molar-refractivity contribution is -0.142. The highest BCUT2D eigenvalue weighted by Crippen LogP contribution is 2.36. The minimum Gasteiger partial charge on any atom is -0.465 e. The van der Waals surface area contributed by atoms with Gasteiger partial charge in [0, 0.05) is 0 Å². The lowest BCUT2D eigenvalue weighted by Crippen LogP contribution is -2.13. The molecule has 1 aromatic carbocycles. The summed E-state index contributed by atoms with van der Waals surface area (Å²) in [4.78, 5) is 12.2. The maximum Gasteiger partial charge on any atom is 0.324 e. The summed E-state index contributed by atoms with van der Waals surface area (Å²) < 4.78 is 15.9. The Bertz CT molecular complexity index is 756. The molecule has 1 atom stereocenters. The Morgan fingerprint density at radius 1 is 1.22 bits per heavy atom. The highest BCUT2D eigenvalue weighted by atomic mass is 32.2. The van der Waals surface area contributed by atoms with Crippen LogP contribution in [0.15, 0.2) is 62.8 Å². The molecule has 0 bridgehead atoms. The zero-order chi connectivity index (χ0) is 16.1. The van der Waals surface area contributed by atoms with Gasteiger partial charge in [-0.2, -0.15) is 0 Å².